The van der Waals surface area contributed by atoms with Crippen molar-refractivity contribution in [1.29, 1.82) is 0 Å². The molecule has 1 aliphatic rings. The highest BCUT2D eigenvalue weighted by atomic mass is 28.2. The van der Waals surface area contributed by atoms with E-state index < -0.39 is 11.6 Å². The molecule has 0 saturated heterocycles. The highest BCUT2D eigenvalue weighted by Crippen LogP contribution is 2.25. The summed E-state index contributed by atoms with van der Waals surface area (Å²) in [6, 6.07) is 3.46. The van der Waals surface area contributed by atoms with Crippen molar-refractivity contribution in [2.75, 3.05) is 0 Å². The van der Waals surface area contributed by atoms with Crippen molar-refractivity contribution in [2.24, 2.45) is 0 Å². The predicted molar refractivity (Wildman–Crippen MR) is 83.7 cm³/mol. The van der Waals surface area contributed by atoms with Crippen LogP contribution in [0.2, 0.25) is 0 Å². The molecule has 2 nitrogen and oxygen atoms in total. The molecule has 0 aromatic heterocycles. The van der Waals surface area contributed by atoms with Gasteiger partial charge in [0.15, 0.2) is 11.6 Å². The molecule has 1 aromatic rings. The average molecular weight is 322 g/mol. The summed E-state index contributed by atoms with van der Waals surface area (Å²) in [4.78, 5) is 0. The molecule has 0 bridgehead atoms. The van der Waals surface area contributed by atoms with E-state index in [9.17, 15) is 8.78 Å². The van der Waals surface area contributed by atoms with Crippen molar-refractivity contribution in [3.63, 3.8) is 0 Å². The van der Waals surface area contributed by atoms with Crippen molar-refractivity contribution >= 4 is 9.52 Å². The van der Waals surface area contributed by atoms with Crippen LogP contribution in [-0.4, -0.2) is 15.2 Å². The average Bonchev–Trinajstić information content (AvgIpc) is 2.53. The van der Waals surface area contributed by atoms with Crippen LogP contribution in [0, 0.1) is 11.6 Å². The van der Waals surface area contributed by atoms with Crippen molar-refractivity contribution in [1.82, 2.24) is 0 Å². The van der Waals surface area contributed by atoms with Crippen LogP contribution in [-0.2, 0) is 10.8 Å². The third-order valence-electron chi connectivity index (χ3n) is 3.56. The van der Waals surface area contributed by atoms with Crippen LogP contribution in [0.5, 0.6) is 5.75 Å². The van der Waals surface area contributed by atoms with Gasteiger partial charge in [-0.25, -0.2) is 4.39 Å². The number of hydrogen-bond donors (Lipinski definition) is 0. The van der Waals surface area contributed by atoms with Gasteiger partial charge in [-0.1, -0.05) is 26.0 Å². The number of rotatable bonds is 7. The van der Waals surface area contributed by atoms with Gasteiger partial charge in [-0.2, -0.15) is 4.39 Å². The summed E-state index contributed by atoms with van der Waals surface area (Å²) in [5.74, 6) is -1.94. The molecule has 2 radical (unpaired) electrons. The first-order valence-corrected chi connectivity index (χ1v) is 8.75. The molecule has 5 heteroatoms. The largest absolute Gasteiger partial charge is 0.502 e. The van der Waals surface area contributed by atoms with Crippen molar-refractivity contribution < 1.29 is 18.3 Å². The molecule has 2 rings (SSSR count). The highest BCUT2D eigenvalue weighted by molar-refractivity contribution is 6.36. The van der Waals surface area contributed by atoms with Crippen LogP contribution in [0.25, 0.3) is 0 Å². The minimum atomic E-state index is -0.961. The Morgan fingerprint density at radius 1 is 1.41 bits per heavy atom. The highest BCUT2D eigenvalue weighted by Gasteiger charge is 2.19. The molecule has 22 heavy (non-hydrogen) atoms. The van der Waals surface area contributed by atoms with Gasteiger partial charge in [0.05, 0.1) is 27.8 Å². The van der Waals surface area contributed by atoms with Crippen molar-refractivity contribution in [2.45, 2.75) is 44.4 Å². The first kappa shape index (κ1) is 16.7. The standard InChI is InChI=1S/C17H20F2O2Si/c1-3-5-12-6-9-15(21-10-12)22-11-13-7-8-14(20-4-2)17(19)16(13)18/h4,7-8,10,15H,2-3,5-6,9,11H2,1H3. The zero-order chi connectivity index (χ0) is 15.9. The Morgan fingerprint density at radius 2 is 2.23 bits per heavy atom. The molecule has 1 atom stereocenters. The topological polar surface area (TPSA) is 18.5 Å². The molecule has 0 aliphatic carbocycles. The summed E-state index contributed by atoms with van der Waals surface area (Å²) in [7, 11) is 0.407. The molecule has 0 amide bonds. The van der Waals surface area contributed by atoms with Gasteiger partial charge in [0.2, 0.25) is 5.82 Å². The van der Waals surface area contributed by atoms with E-state index in [0.717, 1.165) is 31.9 Å². The quantitative estimate of drug-likeness (QED) is 0.543. The number of halogens is 2. The van der Waals surface area contributed by atoms with Crippen LogP contribution in [0.15, 0.2) is 36.8 Å². The van der Waals surface area contributed by atoms with Crippen LogP contribution in [0.3, 0.4) is 0 Å². The third-order valence-corrected chi connectivity index (χ3v) is 5.02. The summed E-state index contributed by atoms with van der Waals surface area (Å²) >= 11 is 0. The number of benzene rings is 1. The lowest BCUT2D eigenvalue weighted by Gasteiger charge is -2.22. The minimum absolute atomic E-state index is 0.104. The molecule has 0 spiro atoms. The fraction of sp³-hybridized carbons (Fsp3) is 0.412. The fourth-order valence-corrected chi connectivity index (χ4v) is 3.62. The van der Waals surface area contributed by atoms with E-state index >= 15 is 0 Å². The number of ether oxygens (including phenoxy) is 2. The molecule has 1 aromatic carbocycles. The van der Waals surface area contributed by atoms with E-state index in [-0.39, 0.29) is 11.5 Å². The molecule has 118 valence electrons. The predicted octanol–water partition coefficient (Wildman–Crippen LogP) is 4.51. The van der Waals surface area contributed by atoms with Gasteiger partial charge in [0.1, 0.15) is 0 Å². The lowest BCUT2D eigenvalue weighted by atomic mass is 10.1. The maximum atomic E-state index is 14.0. The normalized spacial score (nSPS) is 17.6. The number of allylic oxidation sites excluding steroid dienone is 1. The molecule has 1 aliphatic heterocycles. The monoisotopic (exact) mass is 322 g/mol. The Morgan fingerprint density at radius 3 is 2.86 bits per heavy atom. The van der Waals surface area contributed by atoms with Crippen molar-refractivity contribution in [3.8, 4) is 5.75 Å². The second-order valence-corrected chi connectivity index (χ2v) is 6.61. The summed E-state index contributed by atoms with van der Waals surface area (Å²) in [6.07, 6.45) is 7.10. The SMILES string of the molecule is C=COc1ccc(C[Si]C2CCC(CCC)=CO2)c(F)c1F. The van der Waals surface area contributed by atoms with E-state index in [1.54, 1.807) is 6.07 Å². The first-order valence-electron chi connectivity index (χ1n) is 7.47. The van der Waals surface area contributed by atoms with Gasteiger partial charge in [-0.15, -0.1) is 0 Å². The maximum absolute atomic E-state index is 14.0. The Labute approximate surface area is 132 Å². The molecule has 0 N–H and O–H groups in total. The molecule has 0 saturated carbocycles. The van der Waals surface area contributed by atoms with Gasteiger partial charge in [0, 0.05) is 0 Å². The van der Waals surface area contributed by atoms with E-state index in [1.165, 1.54) is 11.6 Å². The Hall–Kier alpha value is -1.62. The minimum Gasteiger partial charge on any atom is -0.502 e. The number of hydrogen-bond acceptors (Lipinski definition) is 2. The second-order valence-electron chi connectivity index (χ2n) is 5.21. The van der Waals surface area contributed by atoms with Gasteiger partial charge in [-0.3, -0.25) is 0 Å². The van der Waals surface area contributed by atoms with Crippen LogP contribution in [0.1, 0.15) is 38.2 Å². The summed E-state index contributed by atoms with van der Waals surface area (Å²) in [5, 5.41) is 0. The maximum Gasteiger partial charge on any atom is 0.201 e. The fourth-order valence-electron chi connectivity index (χ4n) is 2.39. The van der Waals surface area contributed by atoms with E-state index in [4.69, 9.17) is 9.47 Å². The zero-order valence-corrected chi connectivity index (χ0v) is 13.7. The van der Waals surface area contributed by atoms with Crippen molar-refractivity contribution in [3.05, 3.63) is 54.0 Å². The van der Waals surface area contributed by atoms with Gasteiger partial charge in [-0.05, 0) is 42.5 Å². The van der Waals surface area contributed by atoms with E-state index in [2.05, 4.69) is 13.5 Å². The lowest BCUT2D eigenvalue weighted by Crippen LogP contribution is -2.24. The molecule has 1 unspecified atom stereocenters. The Bertz CT molecular complexity index is 558. The Balaban J connectivity index is 1.92. The van der Waals surface area contributed by atoms with Crippen LogP contribution in [0.4, 0.5) is 8.78 Å². The third kappa shape index (κ3) is 4.19. The Kier molecular flexibility index (Phi) is 6.18. The molecule has 1 heterocycles. The summed E-state index contributed by atoms with van der Waals surface area (Å²) < 4.78 is 38.2. The molecular weight excluding hydrogens is 302 g/mol. The van der Waals surface area contributed by atoms with Gasteiger partial charge in [0.25, 0.3) is 0 Å². The van der Waals surface area contributed by atoms with E-state index in [1.807, 2.05) is 6.26 Å². The second kappa shape index (κ2) is 8.13. The van der Waals surface area contributed by atoms with Gasteiger partial charge < -0.3 is 9.47 Å². The zero-order valence-electron chi connectivity index (χ0n) is 12.7. The molecule has 0 fully saturated rings. The van der Waals surface area contributed by atoms with Crippen LogP contribution < -0.4 is 4.74 Å². The molecular formula is C17H20F2O2Si. The summed E-state index contributed by atoms with van der Waals surface area (Å²) in [5.41, 5.74) is 1.80. The van der Waals surface area contributed by atoms with E-state index in [0.29, 0.717) is 21.1 Å². The lowest BCUT2D eigenvalue weighted by molar-refractivity contribution is 0.182. The van der Waals surface area contributed by atoms with Gasteiger partial charge >= 0.3 is 0 Å². The summed E-state index contributed by atoms with van der Waals surface area (Å²) in [6.45, 7) is 5.48. The van der Waals surface area contributed by atoms with Crippen LogP contribution >= 0.6 is 0 Å². The smallest absolute Gasteiger partial charge is 0.201 e. The first-order chi connectivity index (χ1) is 10.7.